The third kappa shape index (κ3) is 2.95. The van der Waals surface area contributed by atoms with E-state index in [2.05, 4.69) is 22.3 Å². The van der Waals surface area contributed by atoms with E-state index in [0.29, 0.717) is 11.7 Å². The number of aromatic nitrogens is 2. The third-order valence-electron chi connectivity index (χ3n) is 5.27. The minimum absolute atomic E-state index is 0.156. The van der Waals surface area contributed by atoms with Crippen LogP contribution in [0.5, 0.6) is 0 Å². The van der Waals surface area contributed by atoms with E-state index in [-0.39, 0.29) is 11.8 Å². The number of nitrogens with zero attached hydrogens (tertiary/aromatic N) is 3. The first-order valence-corrected chi connectivity index (χ1v) is 8.92. The summed E-state index contributed by atoms with van der Waals surface area (Å²) in [6, 6.07) is 6.26. The molecule has 1 aromatic heterocycles. The molecule has 0 spiro atoms. The number of fused-ring (bicyclic) bond motifs is 1. The summed E-state index contributed by atoms with van der Waals surface area (Å²) in [5.74, 6) is 1.83. The highest BCUT2D eigenvalue weighted by Gasteiger charge is 2.28. The molecule has 1 aromatic carbocycles. The summed E-state index contributed by atoms with van der Waals surface area (Å²) in [5.41, 5.74) is 3.62. The van der Waals surface area contributed by atoms with Gasteiger partial charge in [-0.2, -0.15) is 4.98 Å². The van der Waals surface area contributed by atoms with E-state index in [1.54, 1.807) is 0 Å². The molecule has 0 unspecified atom stereocenters. The number of hydrogen-bond donors (Lipinski definition) is 0. The predicted octanol–water partition coefficient (Wildman–Crippen LogP) is 3.28. The summed E-state index contributed by atoms with van der Waals surface area (Å²) in [6.45, 7) is 3.34. The van der Waals surface area contributed by atoms with Crippen LogP contribution < -0.4 is 0 Å². The minimum Gasteiger partial charge on any atom is -0.339 e. The summed E-state index contributed by atoms with van der Waals surface area (Å²) < 4.78 is 5.28. The SMILES string of the molecule is Cc1noc(C2CCN(C(=O)c3ccc4c(c3)CCCC4)CC2)n1. The van der Waals surface area contributed by atoms with Crippen LogP contribution in [0.1, 0.15) is 64.8 Å². The van der Waals surface area contributed by atoms with E-state index in [9.17, 15) is 4.79 Å². The molecule has 1 saturated heterocycles. The minimum atomic E-state index is 0.156. The van der Waals surface area contributed by atoms with Crippen molar-refractivity contribution in [3.05, 3.63) is 46.6 Å². The van der Waals surface area contributed by atoms with E-state index in [1.807, 2.05) is 17.9 Å². The highest BCUT2D eigenvalue weighted by Crippen LogP contribution is 2.28. The Bertz CT molecular complexity index is 745. The Kier molecular flexibility index (Phi) is 4.08. The molecule has 2 aromatic rings. The Balaban J connectivity index is 1.43. The molecule has 0 bridgehead atoms. The monoisotopic (exact) mass is 325 g/mol. The lowest BCUT2D eigenvalue weighted by Crippen LogP contribution is -2.38. The number of hydrogen-bond acceptors (Lipinski definition) is 4. The number of benzene rings is 1. The molecule has 1 aliphatic carbocycles. The Hall–Kier alpha value is -2.17. The van der Waals surface area contributed by atoms with Crippen molar-refractivity contribution in [3.8, 4) is 0 Å². The molecule has 1 fully saturated rings. The van der Waals surface area contributed by atoms with Crippen LogP contribution in [0.3, 0.4) is 0 Å². The van der Waals surface area contributed by atoms with Crippen molar-refractivity contribution < 1.29 is 9.32 Å². The zero-order chi connectivity index (χ0) is 16.5. The standard InChI is InChI=1S/C19H23N3O2/c1-13-20-18(24-21-13)15-8-10-22(11-9-15)19(23)17-7-6-14-4-2-3-5-16(14)12-17/h6-7,12,15H,2-5,8-11H2,1H3. The molecule has 24 heavy (non-hydrogen) atoms. The van der Waals surface area contributed by atoms with Crippen LogP contribution in [-0.2, 0) is 12.8 Å². The quantitative estimate of drug-likeness (QED) is 0.850. The van der Waals surface area contributed by atoms with Gasteiger partial charge in [-0.3, -0.25) is 4.79 Å². The summed E-state index contributed by atoms with van der Waals surface area (Å²) >= 11 is 0. The van der Waals surface area contributed by atoms with E-state index in [4.69, 9.17) is 4.52 Å². The zero-order valence-electron chi connectivity index (χ0n) is 14.1. The molecule has 0 saturated carbocycles. The van der Waals surface area contributed by atoms with Gasteiger partial charge in [0, 0.05) is 24.6 Å². The molecule has 5 nitrogen and oxygen atoms in total. The van der Waals surface area contributed by atoms with E-state index < -0.39 is 0 Å². The molecule has 1 amide bonds. The van der Waals surface area contributed by atoms with Gasteiger partial charge in [-0.1, -0.05) is 11.2 Å². The molecule has 126 valence electrons. The van der Waals surface area contributed by atoms with Crippen LogP contribution in [0.2, 0.25) is 0 Å². The molecule has 0 N–H and O–H groups in total. The predicted molar refractivity (Wildman–Crippen MR) is 90.0 cm³/mol. The van der Waals surface area contributed by atoms with Crippen LogP contribution in [0.15, 0.2) is 22.7 Å². The Morgan fingerprint density at radius 1 is 1.17 bits per heavy atom. The van der Waals surface area contributed by atoms with Crippen molar-refractivity contribution in [3.63, 3.8) is 0 Å². The topological polar surface area (TPSA) is 59.2 Å². The molecule has 2 aliphatic rings. The molecule has 5 heteroatoms. The van der Waals surface area contributed by atoms with Gasteiger partial charge in [0.1, 0.15) is 0 Å². The fraction of sp³-hybridized carbons (Fsp3) is 0.526. The van der Waals surface area contributed by atoms with Gasteiger partial charge < -0.3 is 9.42 Å². The maximum Gasteiger partial charge on any atom is 0.253 e. The van der Waals surface area contributed by atoms with Gasteiger partial charge >= 0.3 is 0 Å². The second-order valence-corrected chi connectivity index (χ2v) is 6.94. The number of aryl methyl sites for hydroxylation is 3. The maximum absolute atomic E-state index is 12.8. The number of carbonyl (C=O) groups excluding carboxylic acids is 1. The average molecular weight is 325 g/mol. The zero-order valence-corrected chi connectivity index (χ0v) is 14.1. The van der Waals surface area contributed by atoms with Gasteiger partial charge in [0.15, 0.2) is 5.82 Å². The second-order valence-electron chi connectivity index (χ2n) is 6.94. The van der Waals surface area contributed by atoms with Crippen LogP contribution in [-0.4, -0.2) is 34.0 Å². The van der Waals surface area contributed by atoms with Crippen molar-refractivity contribution in [2.75, 3.05) is 13.1 Å². The van der Waals surface area contributed by atoms with Gasteiger partial charge in [0.2, 0.25) is 5.89 Å². The van der Waals surface area contributed by atoms with E-state index in [0.717, 1.165) is 44.3 Å². The summed E-state index contributed by atoms with van der Waals surface area (Å²) in [6.07, 6.45) is 6.53. The summed E-state index contributed by atoms with van der Waals surface area (Å²) in [7, 11) is 0. The molecular formula is C19H23N3O2. The molecule has 0 radical (unpaired) electrons. The van der Waals surface area contributed by atoms with E-state index in [1.165, 1.54) is 24.0 Å². The third-order valence-corrected chi connectivity index (χ3v) is 5.27. The molecular weight excluding hydrogens is 302 g/mol. The molecule has 4 rings (SSSR count). The first kappa shape index (κ1) is 15.4. The lowest BCUT2D eigenvalue weighted by Gasteiger charge is -2.30. The lowest BCUT2D eigenvalue weighted by molar-refractivity contribution is 0.0704. The number of piperidine rings is 1. The fourth-order valence-electron chi connectivity index (χ4n) is 3.86. The van der Waals surface area contributed by atoms with Gasteiger partial charge in [0.05, 0.1) is 0 Å². The Labute approximate surface area is 142 Å². The molecule has 1 aliphatic heterocycles. The number of amides is 1. The van der Waals surface area contributed by atoms with Crippen molar-refractivity contribution in [2.24, 2.45) is 0 Å². The van der Waals surface area contributed by atoms with Crippen LogP contribution in [0.25, 0.3) is 0 Å². The number of likely N-dealkylation sites (tertiary alicyclic amines) is 1. The highest BCUT2D eigenvalue weighted by molar-refractivity contribution is 5.94. The van der Waals surface area contributed by atoms with Crippen molar-refractivity contribution in [1.29, 1.82) is 0 Å². The molecule has 0 atom stereocenters. The number of rotatable bonds is 2. The Morgan fingerprint density at radius 2 is 1.92 bits per heavy atom. The number of carbonyl (C=O) groups is 1. The maximum atomic E-state index is 12.8. The fourth-order valence-corrected chi connectivity index (χ4v) is 3.86. The first-order chi connectivity index (χ1) is 11.7. The normalized spacial score (nSPS) is 18.5. The van der Waals surface area contributed by atoms with Crippen molar-refractivity contribution in [2.45, 2.75) is 51.4 Å². The molecule has 2 heterocycles. The largest absolute Gasteiger partial charge is 0.339 e. The van der Waals surface area contributed by atoms with Gasteiger partial charge in [-0.15, -0.1) is 0 Å². The summed E-state index contributed by atoms with van der Waals surface area (Å²) in [5, 5.41) is 3.87. The smallest absolute Gasteiger partial charge is 0.253 e. The van der Waals surface area contributed by atoms with Crippen LogP contribution in [0.4, 0.5) is 0 Å². The first-order valence-electron chi connectivity index (χ1n) is 8.92. The van der Waals surface area contributed by atoms with Crippen LogP contribution >= 0.6 is 0 Å². The van der Waals surface area contributed by atoms with E-state index >= 15 is 0 Å². The second kappa shape index (κ2) is 6.38. The van der Waals surface area contributed by atoms with Gasteiger partial charge in [0.25, 0.3) is 5.91 Å². The van der Waals surface area contributed by atoms with Crippen LogP contribution in [0, 0.1) is 6.92 Å². The van der Waals surface area contributed by atoms with Gasteiger partial charge in [-0.05, 0) is 68.7 Å². The lowest BCUT2D eigenvalue weighted by atomic mass is 9.90. The Morgan fingerprint density at radius 3 is 2.62 bits per heavy atom. The summed E-state index contributed by atoms with van der Waals surface area (Å²) in [4.78, 5) is 19.1. The highest BCUT2D eigenvalue weighted by atomic mass is 16.5. The van der Waals surface area contributed by atoms with Gasteiger partial charge in [-0.25, -0.2) is 0 Å². The average Bonchev–Trinajstić information content (AvgIpc) is 3.07. The van der Waals surface area contributed by atoms with Crippen molar-refractivity contribution >= 4 is 5.91 Å². The van der Waals surface area contributed by atoms with Crippen molar-refractivity contribution in [1.82, 2.24) is 15.0 Å².